The molecule has 0 spiro atoms. The fraction of sp³-hybridized carbons (Fsp3) is 0.435. The molecule has 2 aromatic carbocycles. The highest BCUT2D eigenvalue weighted by molar-refractivity contribution is 5.85. The summed E-state index contributed by atoms with van der Waals surface area (Å²) in [4.78, 5) is 15.0. The summed E-state index contributed by atoms with van der Waals surface area (Å²) >= 11 is 0. The van der Waals surface area contributed by atoms with E-state index >= 15 is 0 Å². The molecule has 2 aliphatic rings. The van der Waals surface area contributed by atoms with Crippen molar-refractivity contribution >= 4 is 18.3 Å². The Labute approximate surface area is 168 Å². The average molecular weight is 385 g/mol. The van der Waals surface area contributed by atoms with E-state index in [1.54, 1.807) is 0 Å². The molecule has 0 bridgehead atoms. The number of benzene rings is 2. The van der Waals surface area contributed by atoms with E-state index in [0.717, 1.165) is 32.6 Å². The van der Waals surface area contributed by atoms with Gasteiger partial charge in [0.2, 0.25) is 5.91 Å². The molecular formula is C23H29ClN2O. The number of carbonyl (C=O) groups excluding carboxylic acids is 1. The summed E-state index contributed by atoms with van der Waals surface area (Å²) in [7, 11) is 0. The van der Waals surface area contributed by atoms with Crippen molar-refractivity contribution in [3.63, 3.8) is 0 Å². The quantitative estimate of drug-likeness (QED) is 0.849. The van der Waals surface area contributed by atoms with Gasteiger partial charge in [0, 0.05) is 25.4 Å². The van der Waals surface area contributed by atoms with Gasteiger partial charge in [-0.05, 0) is 55.0 Å². The van der Waals surface area contributed by atoms with Crippen molar-refractivity contribution in [2.75, 3.05) is 19.6 Å². The molecule has 1 fully saturated rings. The van der Waals surface area contributed by atoms with Crippen LogP contribution in [-0.4, -0.2) is 30.4 Å². The third-order valence-corrected chi connectivity index (χ3v) is 5.97. The molecule has 1 saturated heterocycles. The number of fused-ring (bicyclic) bond motifs is 1. The van der Waals surface area contributed by atoms with Crippen LogP contribution in [0.2, 0.25) is 0 Å². The zero-order valence-corrected chi connectivity index (χ0v) is 16.6. The lowest BCUT2D eigenvalue weighted by atomic mass is 9.84. The van der Waals surface area contributed by atoms with Gasteiger partial charge >= 0.3 is 0 Å². The standard InChI is InChI=1S/C23H28N2O.ClH/c26-23(11-10-18-12-14-24-15-13-18)25-16-20-8-4-5-9-21(20)22(17-25)19-6-2-1-3-7-19;/h1-9,18,22,24H,10-17H2;1H. The van der Waals surface area contributed by atoms with E-state index < -0.39 is 0 Å². The highest BCUT2D eigenvalue weighted by Crippen LogP contribution is 2.34. The molecule has 0 aliphatic carbocycles. The molecule has 27 heavy (non-hydrogen) atoms. The fourth-order valence-electron chi connectivity index (χ4n) is 4.42. The number of halogens is 1. The van der Waals surface area contributed by atoms with Crippen molar-refractivity contribution < 1.29 is 4.79 Å². The monoisotopic (exact) mass is 384 g/mol. The first-order valence-corrected chi connectivity index (χ1v) is 9.92. The summed E-state index contributed by atoms with van der Waals surface area (Å²) < 4.78 is 0. The van der Waals surface area contributed by atoms with E-state index in [1.807, 2.05) is 0 Å². The Morgan fingerprint density at radius 1 is 1.00 bits per heavy atom. The summed E-state index contributed by atoms with van der Waals surface area (Å²) in [6, 6.07) is 19.2. The van der Waals surface area contributed by atoms with Crippen LogP contribution in [0.25, 0.3) is 0 Å². The molecule has 1 N–H and O–H groups in total. The van der Waals surface area contributed by atoms with E-state index in [2.05, 4.69) is 64.8 Å². The van der Waals surface area contributed by atoms with Crippen molar-refractivity contribution in [2.24, 2.45) is 5.92 Å². The lowest BCUT2D eigenvalue weighted by molar-refractivity contribution is -0.132. The summed E-state index contributed by atoms with van der Waals surface area (Å²) in [5.74, 6) is 1.31. The van der Waals surface area contributed by atoms with E-state index in [9.17, 15) is 4.79 Å². The second-order valence-electron chi connectivity index (χ2n) is 7.67. The third kappa shape index (κ3) is 4.72. The Morgan fingerprint density at radius 3 is 2.48 bits per heavy atom. The first-order chi connectivity index (χ1) is 12.8. The Bertz CT molecular complexity index is 743. The molecule has 2 aromatic rings. The molecule has 0 aromatic heterocycles. The van der Waals surface area contributed by atoms with Gasteiger partial charge in [-0.1, -0.05) is 54.6 Å². The van der Waals surface area contributed by atoms with Gasteiger partial charge in [0.05, 0.1) is 0 Å². The highest BCUT2D eigenvalue weighted by Gasteiger charge is 2.29. The Hall–Kier alpha value is -1.84. The van der Waals surface area contributed by atoms with Gasteiger partial charge in [-0.25, -0.2) is 0 Å². The van der Waals surface area contributed by atoms with Gasteiger partial charge in [0.25, 0.3) is 0 Å². The van der Waals surface area contributed by atoms with E-state index in [4.69, 9.17) is 0 Å². The zero-order chi connectivity index (χ0) is 17.8. The molecule has 144 valence electrons. The topological polar surface area (TPSA) is 32.3 Å². The molecule has 1 atom stereocenters. The minimum absolute atomic E-state index is 0. The second kappa shape index (κ2) is 9.38. The molecule has 0 radical (unpaired) electrons. The maximum absolute atomic E-state index is 12.9. The second-order valence-corrected chi connectivity index (χ2v) is 7.67. The molecule has 2 heterocycles. The van der Waals surface area contributed by atoms with Crippen molar-refractivity contribution in [1.82, 2.24) is 10.2 Å². The minimum atomic E-state index is 0. The summed E-state index contributed by atoms with van der Waals surface area (Å²) in [6.07, 6.45) is 4.15. The number of hydrogen-bond acceptors (Lipinski definition) is 2. The van der Waals surface area contributed by atoms with Crippen LogP contribution in [-0.2, 0) is 11.3 Å². The smallest absolute Gasteiger partial charge is 0.222 e. The van der Waals surface area contributed by atoms with Crippen LogP contribution >= 0.6 is 12.4 Å². The van der Waals surface area contributed by atoms with Crippen molar-refractivity contribution in [3.05, 3.63) is 71.3 Å². The van der Waals surface area contributed by atoms with Crippen molar-refractivity contribution in [2.45, 2.75) is 38.1 Å². The molecule has 3 nitrogen and oxygen atoms in total. The SMILES string of the molecule is Cl.O=C(CCC1CCNCC1)N1Cc2ccccc2C(c2ccccc2)C1. The largest absolute Gasteiger partial charge is 0.337 e. The van der Waals surface area contributed by atoms with Crippen LogP contribution in [0.5, 0.6) is 0 Å². The molecule has 1 amide bonds. The normalized spacial score (nSPS) is 19.9. The van der Waals surface area contributed by atoms with Crippen LogP contribution in [0.4, 0.5) is 0 Å². The lowest BCUT2D eigenvalue weighted by Crippen LogP contribution is -2.39. The number of hydrogen-bond donors (Lipinski definition) is 1. The average Bonchev–Trinajstić information content (AvgIpc) is 2.72. The first-order valence-electron chi connectivity index (χ1n) is 9.92. The molecule has 4 heteroatoms. The zero-order valence-electron chi connectivity index (χ0n) is 15.8. The number of piperidine rings is 1. The number of amides is 1. The molecule has 1 unspecified atom stereocenters. The van der Waals surface area contributed by atoms with Gasteiger partial charge in [-0.3, -0.25) is 4.79 Å². The lowest BCUT2D eigenvalue weighted by Gasteiger charge is -2.35. The van der Waals surface area contributed by atoms with E-state index in [1.165, 1.54) is 29.5 Å². The van der Waals surface area contributed by atoms with Crippen LogP contribution in [0.15, 0.2) is 54.6 Å². The summed E-state index contributed by atoms with van der Waals surface area (Å²) in [5, 5.41) is 3.41. The maximum Gasteiger partial charge on any atom is 0.222 e. The van der Waals surface area contributed by atoms with Gasteiger partial charge < -0.3 is 10.2 Å². The predicted octanol–water partition coefficient (Wildman–Crippen LogP) is 4.36. The predicted molar refractivity (Wildman–Crippen MR) is 112 cm³/mol. The van der Waals surface area contributed by atoms with Crippen LogP contribution < -0.4 is 5.32 Å². The third-order valence-electron chi connectivity index (χ3n) is 5.97. The number of nitrogens with one attached hydrogen (secondary N) is 1. The Morgan fingerprint density at radius 2 is 1.70 bits per heavy atom. The van der Waals surface area contributed by atoms with Crippen LogP contribution in [0, 0.1) is 5.92 Å². The maximum atomic E-state index is 12.9. The summed E-state index contributed by atoms with van der Waals surface area (Å²) in [5.41, 5.74) is 3.97. The summed E-state index contributed by atoms with van der Waals surface area (Å²) in [6.45, 7) is 3.76. The minimum Gasteiger partial charge on any atom is -0.337 e. The Kier molecular flexibility index (Phi) is 6.92. The van der Waals surface area contributed by atoms with Gasteiger partial charge in [-0.2, -0.15) is 0 Å². The molecule has 0 saturated carbocycles. The van der Waals surface area contributed by atoms with Crippen molar-refractivity contribution in [1.29, 1.82) is 0 Å². The number of nitrogens with zero attached hydrogens (tertiary/aromatic N) is 1. The molecule has 2 aliphatic heterocycles. The van der Waals surface area contributed by atoms with Gasteiger partial charge in [0.15, 0.2) is 0 Å². The number of rotatable bonds is 4. The Balaban J connectivity index is 0.00000210. The van der Waals surface area contributed by atoms with E-state index in [-0.39, 0.29) is 18.3 Å². The first kappa shape index (κ1) is 19.9. The highest BCUT2D eigenvalue weighted by atomic mass is 35.5. The fourth-order valence-corrected chi connectivity index (χ4v) is 4.42. The van der Waals surface area contributed by atoms with Crippen LogP contribution in [0.3, 0.4) is 0 Å². The van der Waals surface area contributed by atoms with Crippen molar-refractivity contribution in [3.8, 4) is 0 Å². The van der Waals surface area contributed by atoms with E-state index in [0.29, 0.717) is 18.2 Å². The molecule has 4 rings (SSSR count). The van der Waals surface area contributed by atoms with Crippen LogP contribution in [0.1, 0.15) is 48.3 Å². The van der Waals surface area contributed by atoms with Gasteiger partial charge in [-0.15, -0.1) is 12.4 Å². The number of carbonyl (C=O) groups is 1. The molecular weight excluding hydrogens is 356 g/mol. The van der Waals surface area contributed by atoms with Gasteiger partial charge in [0.1, 0.15) is 0 Å².